The van der Waals surface area contributed by atoms with Crippen LogP contribution in [0.15, 0.2) is 12.7 Å². The van der Waals surface area contributed by atoms with E-state index in [2.05, 4.69) is 6.58 Å². The molecule has 0 aromatic heterocycles. The van der Waals surface area contributed by atoms with Crippen molar-refractivity contribution in [1.82, 2.24) is 10.6 Å². The number of nitrogens with one attached hydrogen (secondary N) is 6. The molecule has 14 N–H and O–H groups in total. The van der Waals surface area contributed by atoms with Gasteiger partial charge in [0, 0.05) is 0 Å². The van der Waals surface area contributed by atoms with Crippen LogP contribution in [-0.2, 0) is 0 Å². The van der Waals surface area contributed by atoms with Gasteiger partial charge in [-0.25, -0.2) is 0 Å². The van der Waals surface area contributed by atoms with Gasteiger partial charge in [0.15, 0.2) is 23.8 Å². The summed E-state index contributed by atoms with van der Waals surface area (Å²) in [6.07, 6.45) is 1.75. The van der Waals surface area contributed by atoms with E-state index >= 15 is 0 Å². The Morgan fingerprint density at radius 2 is 0.941 bits per heavy atom. The van der Waals surface area contributed by atoms with Crippen LogP contribution in [0.1, 0.15) is 6.92 Å². The van der Waals surface area contributed by atoms with E-state index in [1.165, 1.54) is 0 Å². The summed E-state index contributed by atoms with van der Waals surface area (Å²) >= 11 is 0. The van der Waals surface area contributed by atoms with Crippen molar-refractivity contribution in [2.75, 3.05) is 0 Å². The second kappa shape index (κ2) is 13.2. The van der Waals surface area contributed by atoms with E-state index in [4.69, 9.17) is 44.6 Å². The molecule has 0 aromatic carbocycles. The molecule has 98 valence electrons. The molecular weight excluding hydrogens is 224 g/mol. The van der Waals surface area contributed by atoms with Gasteiger partial charge in [-0.05, 0) is 6.92 Å². The zero-order chi connectivity index (χ0) is 14.4. The van der Waals surface area contributed by atoms with Crippen LogP contribution >= 0.6 is 0 Å². The van der Waals surface area contributed by atoms with Gasteiger partial charge in [0.25, 0.3) is 0 Å². The molecule has 10 heteroatoms. The fraction of sp³-hybridized carbons (Fsp3) is 0.143. The van der Waals surface area contributed by atoms with Crippen molar-refractivity contribution in [2.45, 2.75) is 6.92 Å². The van der Waals surface area contributed by atoms with E-state index in [0.717, 1.165) is 0 Å². The third-order valence-corrected chi connectivity index (χ3v) is 0.539. The van der Waals surface area contributed by atoms with Crippen molar-refractivity contribution in [3.63, 3.8) is 0 Å². The van der Waals surface area contributed by atoms with Gasteiger partial charge in [0.05, 0.1) is 0 Å². The van der Waals surface area contributed by atoms with E-state index in [1.807, 2.05) is 17.6 Å². The van der Waals surface area contributed by atoms with E-state index < -0.39 is 0 Å². The summed E-state index contributed by atoms with van der Waals surface area (Å²) < 4.78 is 0. The SMILES string of the molecule is C=CC.N=C(N)NC(=N)N.N=C(N)NC(=N)N. The van der Waals surface area contributed by atoms with E-state index in [-0.39, 0.29) is 23.8 Å². The summed E-state index contributed by atoms with van der Waals surface area (Å²) in [4.78, 5) is 0. The van der Waals surface area contributed by atoms with Gasteiger partial charge in [-0.1, -0.05) is 6.08 Å². The first-order valence-electron chi connectivity index (χ1n) is 4.14. The first kappa shape index (κ1) is 19.7. The Labute approximate surface area is 99.5 Å². The van der Waals surface area contributed by atoms with Crippen LogP contribution in [0.2, 0.25) is 0 Å². The zero-order valence-electron chi connectivity index (χ0n) is 9.59. The Morgan fingerprint density at radius 3 is 0.941 bits per heavy atom. The second-order valence-corrected chi connectivity index (χ2v) is 2.31. The first-order valence-corrected chi connectivity index (χ1v) is 4.14. The zero-order valence-corrected chi connectivity index (χ0v) is 9.59. The molecule has 0 aliphatic rings. The maximum atomic E-state index is 6.47. The topological polar surface area (TPSA) is 224 Å². The highest BCUT2D eigenvalue weighted by Gasteiger charge is 1.84. The van der Waals surface area contributed by atoms with E-state index in [1.54, 1.807) is 6.08 Å². The Balaban J connectivity index is -0.000000188. The predicted molar refractivity (Wildman–Crippen MR) is 69.8 cm³/mol. The highest BCUT2D eigenvalue weighted by atomic mass is 15.1. The van der Waals surface area contributed by atoms with E-state index in [9.17, 15) is 0 Å². The molecule has 0 aliphatic carbocycles. The van der Waals surface area contributed by atoms with Crippen LogP contribution in [0.5, 0.6) is 0 Å². The largest absolute Gasteiger partial charge is 0.370 e. The van der Waals surface area contributed by atoms with Gasteiger partial charge in [-0.2, -0.15) is 0 Å². The van der Waals surface area contributed by atoms with Crippen molar-refractivity contribution in [3.05, 3.63) is 12.7 Å². The third kappa shape index (κ3) is 61.1. The quantitative estimate of drug-likeness (QED) is 0.130. The van der Waals surface area contributed by atoms with Crippen LogP contribution < -0.4 is 33.6 Å². The summed E-state index contributed by atoms with van der Waals surface area (Å²) in [5.41, 5.74) is 19.0. The number of guanidine groups is 4. The number of hydrogen-bond acceptors (Lipinski definition) is 4. The van der Waals surface area contributed by atoms with Crippen molar-refractivity contribution in [1.29, 1.82) is 21.6 Å². The van der Waals surface area contributed by atoms with Gasteiger partial charge in [0.2, 0.25) is 0 Å². The Kier molecular flexibility index (Phi) is 15.4. The molecule has 0 heterocycles. The van der Waals surface area contributed by atoms with Crippen molar-refractivity contribution in [2.24, 2.45) is 22.9 Å². The Hall–Kier alpha value is -2.78. The smallest absolute Gasteiger partial charge is 0.192 e. The molecule has 0 unspecified atom stereocenters. The highest BCUT2D eigenvalue weighted by molar-refractivity contribution is 5.94. The van der Waals surface area contributed by atoms with Crippen molar-refractivity contribution in [3.8, 4) is 0 Å². The lowest BCUT2D eigenvalue weighted by atomic mass is 10.8. The molecule has 0 spiro atoms. The molecule has 0 fully saturated rings. The monoisotopic (exact) mass is 244 g/mol. The Bertz CT molecular complexity index is 230. The molecule has 0 atom stereocenters. The van der Waals surface area contributed by atoms with Gasteiger partial charge in [0.1, 0.15) is 0 Å². The van der Waals surface area contributed by atoms with Crippen LogP contribution in [0.25, 0.3) is 0 Å². The number of hydrogen-bond donors (Lipinski definition) is 10. The molecule has 0 aromatic rings. The fourth-order valence-corrected chi connectivity index (χ4v) is 0.290. The standard InChI is InChI=1S/C3H6.2C2H7N5/c1-3-2;2*3-1(4)7-2(5)6/h3H,1H2,2H3;2*(H7,3,4,5,6,7). The molecule has 10 nitrogen and oxygen atoms in total. The van der Waals surface area contributed by atoms with Crippen molar-refractivity contribution >= 4 is 23.8 Å². The predicted octanol–water partition coefficient (Wildman–Crippen LogP) is -2.08. The lowest BCUT2D eigenvalue weighted by Crippen LogP contribution is -2.39. The normalized spacial score (nSPS) is 6.88. The third-order valence-electron chi connectivity index (χ3n) is 0.539. The Morgan fingerprint density at radius 1 is 0.824 bits per heavy atom. The maximum absolute atomic E-state index is 6.47. The summed E-state index contributed by atoms with van der Waals surface area (Å²) in [7, 11) is 0. The van der Waals surface area contributed by atoms with Gasteiger partial charge in [-0.3, -0.25) is 32.3 Å². The van der Waals surface area contributed by atoms with Crippen LogP contribution in [0.3, 0.4) is 0 Å². The lowest BCUT2D eigenvalue weighted by Gasteiger charge is -1.95. The molecule has 0 radical (unpaired) electrons. The van der Waals surface area contributed by atoms with Gasteiger partial charge in [-0.15, -0.1) is 6.58 Å². The van der Waals surface area contributed by atoms with Crippen molar-refractivity contribution < 1.29 is 0 Å². The fourth-order valence-electron chi connectivity index (χ4n) is 0.290. The summed E-state index contributed by atoms with van der Waals surface area (Å²) in [6.45, 7) is 5.25. The molecular formula is C7H20N10. The maximum Gasteiger partial charge on any atom is 0.192 e. The minimum Gasteiger partial charge on any atom is -0.370 e. The lowest BCUT2D eigenvalue weighted by molar-refractivity contribution is 1.18. The number of allylic oxidation sites excluding steroid dienone is 1. The van der Waals surface area contributed by atoms with Crippen LogP contribution in [0, 0.1) is 21.6 Å². The van der Waals surface area contributed by atoms with Crippen LogP contribution in [0.4, 0.5) is 0 Å². The first-order chi connectivity index (χ1) is 7.67. The van der Waals surface area contributed by atoms with E-state index in [0.29, 0.717) is 0 Å². The summed E-state index contributed by atoms with van der Waals surface area (Å²) in [5.74, 6) is -1.25. The molecule has 0 bridgehead atoms. The molecule has 17 heavy (non-hydrogen) atoms. The average Bonchev–Trinajstić information content (AvgIpc) is 1.99. The minimum atomic E-state index is -0.312. The highest BCUT2D eigenvalue weighted by Crippen LogP contribution is 1.44. The summed E-state index contributed by atoms with van der Waals surface area (Å²) in [6, 6.07) is 0. The molecule has 0 saturated carbocycles. The second-order valence-electron chi connectivity index (χ2n) is 2.31. The molecule has 0 saturated heterocycles. The number of rotatable bonds is 0. The molecule has 0 amide bonds. The minimum absolute atomic E-state index is 0.312. The van der Waals surface area contributed by atoms with Crippen LogP contribution in [-0.4, -0.2) is 23.8 Å². The molecule has 0 rings (SSSR count). The average molecular weight is 244 g/mol. The van der Waals surface area contributed by atoms with Gasteiger partial charge >= 0.3 is 0 Å². The summed E-state index contributed by atoms with van der Waals surface area (Å²) in [5, 5.41) is 29.9. The van der Waals surface area contributed by atoms with Gasteiger partial charge < -0.3 is 22.9 Å². The number of nitrogens with two attached hydrogens (primary N) is 4. The molecule has 0 aliphatic heterocycles.